The van der Waals surface area contributed by atoms with E-state index in [1.165, 1.54) is 0 Å². The second kappa shape index (κ2) is 8.63. The number of carbonyl (C=O) groups is 1. The number of para-hydroxylation sites is 1. The molecule has 0 unspecified atom stereocenters. The smallest absolute Gasteiger partial charge is 0.219 e. The number of ether oxygens (including phenoxy) is 1. The van der Waals surface area contributed by atoms with Crippen molar-refractivity contribution in [1.29, 1.82) is 0 Å². The Labute approximate surface area is 181 Å². The lowest BCUT2D eigenvalue weighted by molar-refractivity contribution is -0.128. The van der Waals surface area contributed by atoms with Gasteiger partial charge in [0.25, 0.3) is 0 Å². The van der Waals surface area contributed by atoms with E-state index in [-0.39, 0.29) is 11.8 Å². The van der Waals surface area contributed by atoms with Gasteiger partial charge in [0.2, 0.25) is 5.91 Å². The topological polar surface area (TPSA) is 76.4 Å². The summed E-state index contributed by atoms with van der Waals surface area (Å²) in [7, 11) is 0. The van der Waals surface area contributed by atoms with E-state index in [0.29, 0.717) is 6.54 Å². The van der Waals surface area contributed by atoms with E-state index in [1.54, 1.807) is 6.92 Å². The number of hydrogen-bond donors (Lipinski definition) is 0. The van der Waals surface area contributed by atoms with Crippen LogP contribution >= 0.6 is 0 Å². The number of nitrogens with zero attached hydrogens (tertiary/aromatic N) is 6. The van der Waals surface area contributed by atoms with Gasteiger partial charge in [0.1, 0.15) is 11.6 Å². The number of aromatic nitrogens is 4. The molecule has 2 aromatic heterocycles. The minimum atomic E-state index is 0.134. The third-order valence-corrected chi connectivity index (χ3v) is 6.25. The zero-order valence-electron chi connectivity index (χ0n) is 17.9. The second-order valence-corrected chi connectivity index (χ2v) is 8.27. The predicted molar refractivity (Wildman–Crippen MR) is 119 cm³/mol. The van der Waals surface area contributed by atoms with Gasteiger partial charge in [0.05, 0.1) is 17.3 Å². The van der Waals surface area contributed by atoms with Crippen molar-refractivity contribution >= 4 is 22.8 Å². The highest BCUT2D eigenvalue weighted by Gasteiger charge is 2.26. The Morgan fingerprint density at radius 3 is 2.61 bits per heavy atom. The molecule has 8 heteroatoms. The molecule has 2 aliphatic heterocycles. The molecule has 0 aliphatic carbocycles. The van der Waals surface area contributed by atoms with Crippen LogP contribution < -0.4 is 4.90 Å². The molecule has 0 atom stereocenters. The Kier molecular flexibility index (Phi) is 5.55. The number of hydrogen-bond acceptors (Lipinski definition) is 6. The van der Waals surface area contributed by atoms with Crippen LogP contribution in [0.15, 0.2) is 36.5 Å². The van der Waals surface area contributed by atoms with Crippen LogP contribution in [-0.4, -0.2) is 69.9 Å². The summed E-state index contributed by atoms with van der Waals surface area (Å²) in [6.45, 7) is 6.25. The van der Waals surface area contributed by atoms with Gasteiger partial charge >= 0.3 is 0 Å². The van der Waals surface area contributed by atoms with Gasteiger partial charge in [-0.25, -0.2) is 14.6 Å². The van der Waals surface area contributed by atoms with Gasteiger partial charge in [-0.3, -0.25) is 4.79 Å². The van der Waals surface area contributed by atoms with Crippen LogP contribution in [0.3, 0.4) is 0 Å². The number of fused-ring (bicyclic) bond motifs is 1. The number of anilines is 1. The molecule has 0 radical (unpaired) electrons. The molecule has 0 spiro atoms. The van der Waals surface area contributed by atoms with Crippen molar-refractivity contribution in [2.75, 3.05) is 44.3 Å². The highest BCUT2D eigenvalue weighted by Crippen LogP contribution is 2.31. The number of benzene rings is 1. The van der Waals surface area contributed by atoms with Gasteiger partial charge in [-0.05, 0) is 31.4 Å². The molecule has 0 saturated carbocycles. The van der Waals surface area contributed by atoms with Crippen LogP contribution in [0.25, 0.3) is 16.7 Å². The van der Waals surface area contributed by atoms with E-state index in [1.807, 2.05) is 46.1 Å². The summed E-state index contributed by atoms with van der Waals surface area (Å²) >= 11 is 0. The first-order valence-electron chi connectivity index (χ1n) is 11.1. The molecule has 0 N–H and O–H groups in total. The molecule has 0 bridgehead atoms. The standard InChI is InChI=1S/C23H28N6O2/c1-17(30)27-10-5-11-28(13-12-27)22-20-16-24-29(19-6-3-2-4-7-19)23(20)26-21(25-22)18-8-14-31-15-9-18/h2-4,6-7,16,18H,5,8-15H2,1H3. The van der Waals surface area contributed by atoms with Gasteiger partial charge in [0, 0.05) is 52.2 Å². The quantitative estimate of drug-likeness (QED) is 0.649. The van der Waals surface area contributed by atoms with Crippen molar-refractivity contribution in [2.24, 2.45) is 0 Å². The van der Waals surface area contributed by atoms with Gasteiger partial charge in [-0.2, -0.15) is 5.10 Å². The molecular weight excluding hydrogens is 392 g/mol. The first-order valence-corrected chi connectivity index (χ1v) is 11.1. The van der Waals surface area contributed by atoms with Gasteiger partial charge in [0.15, 0.2) is 5.65 Å². The molecule has 1 amide bonds. The van der Waals surface area contributed by atoms with Crippen LogP contribution in [0.5, 0.6) is 0 Å². The largest absolute Gasteiger partial charge is 0.381 e. The first kappa shape index (κ1) is 19.9. The Balaban J connectivity index is 1.59. The molecule has 31 heavy (non-hydrogen) atoms. The minimum absolute atomic E-state index is 0.134. The van der Waals surface area contributed by atoms with Crippen LogP contribution in [-0.2, 0) is 9.53 Å². The molecular formula is C23H28N6O2. The molecule has 162 valence electrons. The summed E-state index contributed by atoms with van der Waals surface area (Å²) in [5.74, 6) is 2.22. The van der Waals surface area contributed by atoms with Crippen molar-refractivity contribution in [3.63, 3.8) is 0 Å². The lowest BCUT2D eigenvalue weighted by Crippen LogP contribution is -2.34. The molecule has 1 aromatic carbocycles. The maximum absolute atomic E-state index is 11.9. The van der Waals surface area contributed by atoms with E-state index in [9.17, 15) is 4.79 Å². The maximum Gasteiger partial charge on any atom is 0.219 e. The van der Waals surface area contributed by atoms with Crippen molar-refractivity contribution < 1.29 is 9.53 Å². The summed E-state index contributed by atoms with van der Waals surface area (Å²) < 4.78 is 7.47. The predicted octanol–water partition coefficient (Wildman–Crippen LogP) is 2.77. The second-order valence-electron chi connectivity index (χ2n) is 8.27. The maximum atomic E-state index is 11.9. The molecule has 2 saturated heterocycles. The fourth-order valence-corrected chi connectivity index (χ4v) is 4.49. The van der Waals surface area contributed by atoms with E-state index >= 15 is 0 Å². The molecule has 3 aromatic rings. The highest BCUT2D eigenvalue weighted by atomic mass is 16.5. The SMILES string of the molecule is CC(=O)N1CCCN(c2nc(C3CCOCC3)nc3c2cnn3-c2ccccc2)CC1. The molecule has 8 nitrogen and oxygen atoms in total. The molecule has 2 aliphatic rings. The zero-order valence-corrected chi connectivity index (χ0v) is 17.9. The van der Waals surface area contributed by atoms with Crippen LogP contribution in [0, 0.1) is 0 Å². The molecule has 5 rings (SSSR count). The average Bonchev–Trinajstić information content (AvgIpc) is 3.08. The van der Waals surface area contributed by atoms with E-state index in [4.69, 9.17) is 14.7 Å². The number of amides is 1. The van der Waals surface area contributed by atoms with Crippen LogP contribution in [0.4, 0.5) is 5.82 Å². The van der Waals surface area contributed by atoms with E-state index in [0.717, 1.165) is 80.5 Å². The number of rotatable bonds is 3. The Morgan fingerprint density at radius 2 is 1.84 bits per heavy atom. The van der Waals surface area contributed by atoms with Crippen molar-refractivity contribution in [1.82, 2.24) is 24.6 Å². The Bertz CT molecular complexity index is 1060. The first-order chi connectivity index (χ1) is 15.2. The normalized spacial score (nSPS) is 18.4. The summed E-state index contributed by atoms with van der Waals surface area (Å²) in [6.07, 6.45) is 4.66. The van der Waals surface area contributed by atoms with Crippen LogP contribution in [0.2, 0.25) is 0 Å². The monoisotopic (exact) mass is 420 g/mol. The summed E-state index contributed by atoms with van der Waals surface area (Å²) in [6, 6.07) is 10.1. The van der Waals surface area contributed by atoms with Gasteiger partial charge < -0.3 is 14.5 Å². The average molecular weight is 421 g/mol. The van der Waals surface area contributed by atoms with Crippen molar-refractivity contribution in [3.05, 3.63) is 42.4 Å². The number of carbonyl (C=O) groups excluding carboxylic acids is 1. The van der Waals surface area contributed by atoms with E-state index in [2.05, 4.69) is 10.00 Å². The summed E-state index contributed by atoms with van der Waals surface area (Å²) in [5.41, 5.74) is 1.82. The lowest BCUT2D eigenvalue weighted by Gasteiger charge is -2.25. The third kappa shape index (κ3) is 3.99. The fourth-order valence-electron chi connectivity index (χ4n) is 4.49. The molecule has 2 fully saturated rings. The van der Waals surface area contributed by atoms with E-state index < -0.39 is 0 Å². The summed E-state index contributed by atoms with van der Waals surface area (Å²) in [4.78, 5) is 26.2. The zero-order chi connectivity index (χ0) is 21.2. The highest BCUT2D eigenvalue weighted by molar-refractivity contribution is 5.88. The lowest BCUT2D eigenvalue weighted by atomic mass is 9.99. The summed E-state index contributed by atoms with van der Waals surface area (Å²) in [5, 5.41) is 5.63. The van der Waals surface area contributed by atoms with Crippen LogP contribution in [0.1, 0.15) is 37.9 Å². The van der Waals surface area contributed by atoms with Crippen molar-refractivity contribution in [2.45, 2.75) is 32.1 Å². The minimum Gasteiger partial charge on any atom is -0.381 e. The van der Waals surface area contributed by atoms with Gasteiger partial charge in [-0.15, -0.1) is 0 Å². The van der Waals surface area contributed by atoms with Crippen molar-refractivity contribution in [3.8, 4) is 5.69 Å². The Hall–Kier alpha value is -3.00. The van der Waals surface area contributed by atoms with Gasteiger partial charge in [-0.1, -0.05) is 18.2 Å². The Morgan fingerprint density at radius 1 is 1.03 bits per heavy atom. The third-order valence-electron chi connectivity index (χ3n) is 6.25. The fraction of sp³-hybridized carbons (Fsp3) is 0.478. The molecule has 4 heterocycles.